The molecular formula is C12H12N2O. The molecule has 0 heterocycles. The monoisotopic (exact) mass is 200 g/mol. The number of phenolic OH excluding ortho intramolecular Hbond substituents is 1. The largest absolute Gasteiger partial charge is 0.508 e. The zero-order chi connectivity index (χ0) is 10.8. The van der Waals surface area contributed by atoms with Gasteiger partial charge in [-0.1, -0.05) is 12.1 Å². The third kappa shape index (κ3) is 1.86. The average Bonchev–Trinajstić information content (AvgIpc) is 2.23. The Bertz CT molecular complexity index is 477. The standard InChI is InChI=1S/C12H12N2O/c13-9-3-6-12(14)11(7-9)8-1-4-10(15)5-2-8/h1-7,15H,13-14H2. The van der Waals surface area contributed by atoms with Gasteiger partial charge < -0.3 is 16.6 Å². The molecule has 0 amide bonds. The first kappa shape index (κ1) is 9.40. The van der Waals surface area contributed by atoms with Crippen molar-refractivity contribution < 1.29 is 5.11 Å². The molecule has 0 saturated carbocycles. The molecule has 0 aliphatic heterocycles. The summed E-state index contributed by atoms with van der Waals surface area (Å²) in [6.07, 6.45) is 0. The van der Waals surface area contributed by atoms with Crippen LogP contribution in [0.1, 0.15) is 0 Å². The molecule has 0 saturated heterocycles. The molecule has 2 rings (SSSR count). The summed E-state index contributed by atoms with van der Waals surface area (Å²) >= 11 is 0. The van der Waals surface area contributed by atoms with Crippen LogP contribution in [0.15, 0.2) is 42.5 Å². The lowest BCUT2D eigenvalue weighted by molar-refractivity contribution is 0.475. The summed E-state index contributed by atoms with van der Waals surface area (Å²) in [6, 6.07) is 12.2. The first-order valence-corrected chi connectivity index (χ1v) is 4.61. The van der Waals surface area contributed by atoms with Crippen LogP contribution in [-0.4, -0.2) is 5.11 Å². The lowest BCUT2D eigenvalue weighted by Gasteiger charge is -2.06. The summed E-state index contributed by atoms with van der Waals surface area (Å²) in [7, 11) is 0. The van der Waals surface area contributed by atoms with Crippen LogP contribution >= 0.6 is 0 Å². The summed E-state index contributed by atoms with van der Waals surface area (Å²) in [4.78, 5) is 0. The van der Waals surface area contributed by atoms with Gasteiger partial charge in [0.2, 0.25) is 0 Å². The predicted octanol–water partition coefficient (Wildman–Crippen LogP) is 2.22. The number of aromatic hydroxyl groups is 1. The van der Waals surface area contributed by atoms with Gasteiger partial charge in [-0.25, -0.2) is 0 Å². The van der Waals surface area contributed by atoms with Crippen LogP contribution in [0.4, 0.5) is 11.4 Å². The Morgan fingerprint density at radius 1 is 0.867 bits per heavy atom. The van der Waals surface area contributed by atoms with E-state index in [0.717, 1.165) is 11.1 Å². The zero-order valence-corrected chi connectivity index (χ0v) is 8.14. The molecule has 0 radical (unpaired) electrons. The number of benzene rings is 2. The van der Waals surface area contributed by atoms with Crippen LogP contribution in [0, 0.1) is 0 Å². The molecule has 0 bridgehead atoms. The molecule has 0 aromatic heterocycles. The Balaban J connectivity index is 2.53. The van der Waals surface area contributed by atoms with E-state index in [4.69, 9.17) is 11.5 Å². The first-order chi connectivity index (χ1) is 7.16. The van der Waals surface area contributed by atoms with Crippen LogP contribution in [0.2, 0.25) is 0 Å². The Hall–Kier alpha value is -2.16. The summed E-state index contributed by atoms with van der Waals surface area (Å²) < 4.78 is 0. The van der Waals surface area contributed by atoms with Gasteiger partial charge in [-0.2, -0.15) is 0 Å². The fraction of sp³-hybridized carbons (Fsp3) is 0. The number of nitrogen functional groups attached to an aromatic ring is 2. The number of hydrogen-bond donors (Lipinski definition) is 3. The van der Waals surface area contributed by atoms with E-state index in [2.05, 4.69) is 0 Å². The summed E-state index contributed by atoms with van der Waals surface area (Å²) in [5.74, 6) is 0.237. The van der Waals surface area contributed by atoms with E-state index < -0.39 is 0 Å². The molecule has 0 fully saturated rings. The van der Waals surface area contributed by atoms with Crippen molar-refractivity contribution in [3.05, 3.63) is 42.5 Å². The summed E-state index contributed by atoms with van der Waals surface area (Å²) in [5.41, 5.74) is 14.7. The molecule has 0 atom stereocenters. The third-order valence-electron chi connectivity index (χ3n) is 2.26. The van der Waals surface area contributed by atoms with Gasteiger partial charge in [0.1, 0.15) is 5.75 Å². The van der Waals surface area contributed by atoms with Crippen molar-refractivity contribution in [2.45, 2.75) is 0 Å². The van der Waals surface area contributed by atoms with E-state index in [1.165, 1.54) is 0 Å². The number of nitrogens with two attached hydrogens (primary N) is 2. The van der Waals surface area contributed by atoms with Crippen molar-refractivity contribution in [1.82, 2.24) is 0 Å². The maximum absolute atomic E-state index is 9.17. The van der Waals surface area contributed by atoms with Crippen LogP contribution < -0.4 is 11.5 Å². The SMILES string of the molecule is Nc1ccc(N)c(-c2ccc(O)cc2)c1. The fourth-order valence-corrected chi connectivity index (χ4v) is 1.46. The Morgan fingerprint density at radius 2 is 1.53 bits per heavy atom. The number of phenols is 1. The van der Waals surface area contributed by atoms with E-state index >= 15 is 0 Å². The van der Waals surface area contributed by atoms with E-state index in [1.54, 1.807) is 36.4 Å². The van der Waals surface area contributed by atoms with Crippen molar-refractivity contribution >= 4 is 11.4 Å². The lowest BCUT2D eigenvalue weighted by Crippen LogP contribution is -1.92. The molecule has 2 aromatic carbocycles. The van der Waals surface area contributed by atoms with E-state index in [1.807, 2.05) is 6.07 Å². The zero-order valence-electron chi connectivity index (χ0n) is 8.14. The van der Waals surface area contributed by atoms with Gasteiger partial charge in [-0.15, -0.1) is 0 Å². The van der Waals surface area contributed by atoms with Crippen molar-refractivity contribution in [3.8, 4) is 16.9 Å². The molecule has 76 valence electrons. The van der Waals surface area contributed by atoms with Gasteiger partial charge in [0.05, 0.1) is 0 Å². The highest BCUT2D eigenvalue weighted by molar-refractivity contribution is 5.79. The Kier molecular flexibility index (Phi) is 2.21. The van der Waals surface area contributed by atoms with E-state index in [9.17, 15) is 5.11 Å². The normalized spacial score (nSPS) is 10.1. The van der Waals surface area contributed by atoms with Gasteiger partial charge in [-0.05, 0) is 35.9 Å². The van der Waals surface area contributed by atoms with Crippen molar-refractivity contribution in [3.63, 3.8) is 0 Å². The topological polar surface area (TPSA) is 72.3 Å². The fourth-order valence-electron chi connectivity index (χ4n) is 1.46. The van der Waals surface area contributed by atoms with Crippen LogP contribution in [0.5, 0.6) is 5.75 Å². The molecule has 0 aliphatic carbocycles. The van der Waals surface area contributed by atoms with Gasteiger partial charge >= 0.3 is 0 Å². The van der Waals surface area contributed by atoms with Crippen LogP contribution in [0.3, 0.4) is 0 Å². The quantitative estimate of drug-likeness (QED) is 0.618. The Morgan fingerprint density at radius 3 is 2.20 bits per heavy atom. The average molecular weight is 200 g/mol. The number of anilines is 2. The maximum Gasteiger partial charge on any atom is 0.115 e. The minimum absolute atomic E-state index is 0.237. The number of hydrogen-bond acceptors (Lipinski definition) is 3. The molecule has 2 aromatic rings. The van der Waals surface area contributed by atoms with Crippen molar-refractivity contribution in [2.24, 2.45) is 0 Å². The molecule has 15 heavy (non-hydrogen) atoms. The molecule has 3 nitrogen and oxygen atoms in total. The second kappa shape index (κ2) is 3.53. The third-order valence-corrected chi connectivity index (χ3v) is 2.26. The maximum atomic E-state index is 9.17. The molecule has 3 heteroatoms. The van der Waals surface area contributed by atoms with Crippen LogP contribution in [0.25, 0.3) is 11.1 Å². The highest BCUT2D eigenvalue weighted by atomic mass is 16.3. The smallest absolute Gasteiger partial charge is 0.115 e. The predicted molar refractivity (Wildman–Crippen MR) is 62.4 cm³/mol. The van der Waals surface area contributed by atoms with Crippen molar-refractivity contribution in [2.75, 3.05) is 11.5 Å². The highest BCUT2D eigenvalue weighted by Gasteiger charge is 2.02. The molecule has 5 N–H and O–H groups in total. The summed E-state index contributed by atoms with van der Waals surface area (Å²) in [6.45, 7) is 0. The second-order valence-corrected chi connectivity index (χ2v) is 3.39. The first-order valence-electron chi connectivity index (χ1n) is 4.61. The number of rotatable bonds is 1. The molecule has 0 aliphatic rings. The minimum atomic E-state index is 0.237. The van der Waals surface area contributed by atoms with Gasteiger partial charge in [0, 0.05) is 16.9 Å². The molecular weight excluding hydrogens is 188 g/mol. The highest BCUT2D eigenvalue weighted by Crippen LogP contribution is 2.28. The molecule has 0 unspecified atom stereocenters. The van der Waals surface area contributed by atoms with Gasteiger partial charge in [-0.3, -0.25) is 0 Å². The van der Waals surface area contributed by atoms with E-state index in [-0.39, 0.29) is 5.75 Å². The van der Waals surface area contributed by atoms with Gasteiger partial charge in [0.25, 0.3) is 0 Å². The van der Waals surface area contributed by atoms with Gasteiger partial charge in [0.15, 0.2) is 0 Å². The minimum Gasteiger partial charge on any atom is -0.508 e. The summed E-state index contributed by atoms with van der Waals surface area (Å²) in [5, 5.41) is 9.17. The Labute approximate surface area is 88.0 Å². The van der Waals surface area contributed by atoms with Crippen LogP contribution in [-0.2, 0) is 0 Å². The lowest BCUT2D eigenvalue weighted by atomic mass is 10.0. The molecule has 0 spiro atoms. The second-order valence-electron chi connectivity index (χ2n) is 3.39. The van der Waals surface area contributed by atoms with E-state index in [0.29, 0.717) is 11.4 Å². The van der Waals surface area contributed by atoms with Crippen molar-refractivity contribution in [1.29, 1.82) is 0 Å².